The molecular formula is C13H14N6. The smallest absolute Gasteiger partial charge is 0.226 e. The second-order valence-corrected chi connectivity index (χ2v) is 4.05. The highest BCUT2D eigenvalue weighted by Crippen LogP contribution is 2.23. The van der Waals surface area contributed by atoms with Gasteiger partial charge in [-0.15, -0.1) is 0 Å². The number of nitrogens with one attached hydrogen (secondary N) is 3. The molecular weight excluding hydrogens is 240 g/mol. The Bertz CT molecular complexity index is 676. The van der Waals surface area contributed by atoms with Crippen LogP contribution in [0.1, 0.15) is 6.92 Å². The van der Waals surface area contributed by atoms with E-state index in [4.69, 9.17) is 0 Å². The molecule has 0 saturated heterocycles. The number of aromatic nitrogens is 4. The predicted octanol–water partition coefficient (Wildman–Crippen LogP) is 2.53. The Kier molecular flexibility index (Phi) is 2.97. The first kappa shape index (κ1) is 11.5. The highest BCUT2D eigenvalue weighted by molar-refractivity contribution is 5.88. The van der Waals surface area contributed by atoms with E-state index in [0.717, 1.165) is 23.4 Å². The zero-order valence-electron chi connectivity index (χ0n) is 10.5. The van der Waals surface area contributed by atoms with Crippen LogP contribution in [0.5, 0.6) is 0 Å². The Morgan fingerprint density at radius 2 is 2.00 bits per heavy atom. The molecule has 0 bridgehead atoms. The van der Waals surface area contributed by atoms with Crippen LogP contribution in [0.15, 0.2) is 36.5 Å². The second-order valence-electron chi connectivity index (χ2n) is 4.05. The third-order valence-electron chi connectivity index (χ3n) is 2.68. The van der Waals surface area contributed by atoms with Crippen LogP contribution in [-0.4, -0.2) is 26.7 Å². The normalized spacial score (nSPS) is 10.6. The summed E-state index contributed by atoms with van der Waals surface area (Å²) in [6.07, 6.45) is 1.72. The Balaban J connectivity index is 2.03. The van der Waals surface area contributed by atoms with Crippen LogP contribution in [0.2, 0.25) is 0 Å². The van der Waals surface area contributed by atoms with Crippen molar-refractivity contribution < 1.29 is 0 Å². The van der Waals surface area contributed by atoms with Crippen LogP contribution in [0.3, 0.4) is 0 Å². The summed E-state index contributed by atoms with van der Waals surface area (Å²) in [6, 6.07) is 9.90. The largest absolute Gasteiger partial charge is 0.354 e. The van der Waals surface area contributed by atoms with Crippen LogP contribution in [0.4, 0.5) is 17.5 Å². The van der Waals surface area contributed by atoms with Gasteiger partial charge in [0.25, 0.3) is 0 Å². The minimum Gasteiger partial charge on any atom is -0.354 e. The number of fused-ring (bicyclic) bond motifs is 1. The van der Waals surface area contributed by atoms with Gasteiger partial charge in [0.1, 0.15) is 5.82 Å². The van der Waals surface area contributed by atoms with Gasteiger partial charge >= 0.3 is 0 Å². The summed E-state index contributed by atoms with van der Waals surface area (Å²) in [7, 11) is 0. The quantitative estimate of drug-likeness (QED) is 0.666. The highest BCUT2D eigenvalue weighted by Gasteiger charge is 2.09. The van der Waals surface area contributed by atoms with Gasteiger partial charge in [-0.2, -0.15) is 15.1 Å². The van der Waals surface area contributed by atoms with Crippen molar-refractivity contribution in [3.63, 3.8) is 0 Å². The van der Waals surface area contributed by atoms with Crippen molar-refractivity contribution in [1.29, 1.82) is 0 Å². The van der Waals surface area contributed by atoms with E-state index < -0.39 is 0 Å². The maximum Gasteiger partial charge on any atom is 0.226 e. The first-order valence-electron chi connectivity index (χ1n) is 6.14. The molecule has 2 aromatic heterocycles. The number of rotatable bonds is 4. The molecule has 3 rings (SSSR count). The summed E-state index contributed by atoms with van der Waals surface area (Å²) in [6.45, 7) is 2.77. The van der Waals surface area contributed by atoms with Crippen molar-refractivity contribution in [3.05, 3.63) is 36.5 Å². The van der Waals surface area contributed by atoms with E-state index in [9.17, 15) is 0 Å². The molecule has 0 saturated carbocycles. The average Bonchev–Trinajstić information content (AvgIpc) is 2.89. The van der Waals surface area contributed by atoms with Gasteiger partial charge in [-0.05, 0) is 19.1 Å². The number of hydrogen-bond acceptors (Lipinski definition) is 5. The first-order chi connectivity index (χ1) is 9.36. The van der Waals surface area contributed by atoms with E-state index in [1.165, 1.54) is 0 Å². The third kappa shape index (κ3) is 2.33. The maximum atomic E-state index is 4.46. The number of hydrogen-bond donors (Lipinski definition) is 3. The van der Waals surface area contributed by atoms with E-state index in [2.05, 4.69) is 30.8 Å². The second kappa shape index (κ2) is 4.93. The molecule has 0 aliphatic rings. The molecule has 0 spiro atoms. The van der Waals surface area contributed by atoms with Crippen molar-refractivity contribution >= 4 is 28.5 Å². The lowest BCUT2D eigenvalue weighted by molar-refractivity contribution is 1.07. The highest BCUT2D eigenvalue weighted by atomic mass is 15.2. The Morgan fingerprint density at radius 3 is 2.79 bits per heavy atom. The predicted molar refractivity (Wildman–Crippen MR) is 75.6 cm³/mol. The minimum absolute atomic E-state index is 0.581. The number of anilines is 3. The maximum absolute atomic E-state index is 4.46. The lowest BCUT2D eigenvalue weighted by Crippen LogP contribution is -2.04. The van der Waals surface area contributed by atoms with Crippen molar-refractivity contribution in [2.75, 3.05) is 17.2 Å². The molecule has 6 nitrogen and oxygen atoms in total. The van der Waals surface area contributed by atoms with E-state index >= 15 is 0 Å². The van der Waals surface area contributed by atoms with Gasteiger partial charge in [-0.1, -0.05) is 18.2 Å². The Morgan fingerprint density at radius 1 is 1.16 bits per heavy atom. The molecule has 3 N–H and O–H groups in total. The van der Waals surface area contributed by atoms with Crippen molar-refractivity contribution in [1.82, 2.24) is 20.2 Å². The van der Waals surface area contributed by atoms with Crippen LogP contribution in [0, 0.1) is 0 Å². The first-order valence-corrected chi connectivity index (χ1v) is 6.14. The molecule has 3 aromatic rings. The molecule has 2 heterocycles. The summed E-state index contributed by atoms with van der Waals surface area (Å²) in [5.41, 5.74) is 1.69. The van der Waals surface area contributed by atoms with E-state index in [1.807, 2.05) is 37.3 Å². The Hall–Kier alpha value is -2.63. The molecule has 0 atom stereocenters. The lowest BCUT2D eigenvalue weighted by Gasteiger charge is -2.08. The number of benzene rings is 1. The Labute approximate surface area is 110 Å². The third-order valence-corrected chi connectivity index (χ3v) is 2.68. The fourth-order valence-electron chi connectivity index (χ4n) is 1.83. The van der Waals surface area contributed by atoms with Gasteiger partial charge in [0, 0.05) is 12.2 Å². The zero-order chi connectivity index (χ0) is 13.1. The number of aromatic amines is 1. The van der Waals surface area contributed by atoms with E-state index in [0.29, 0.717) is 11.6 Å². The molecule has 6 heteroatoms. The SMILES string of the molecule is CCNc1nc(Nc2ccccc2)c2cn[nH]c2n1. The molecule has 0 fully saturated rings. The van der Waals surface area contributed by atoms with Gasteiger partial charge < -0.3 is 10.6 Å². The fourth-order valence-corrected chi connectivity index (χ4v) is 1.83. The molecule has 0 aliphatic heterocycles. The molecule has 96 valence electrons. The van der Waals surface area contributed by atoms with Crippen molar-refractivity contribution in [2.24, 2.45) is 0 Å². The molecule has 0 aliphatic carbocycles. The molecule has 0 amide bonds. The van der Waals surface area contributed by atoms with Crippen LogP contribution < -0.4 is 10.6 Å². The summed E-state index contributed by atoms with van der Waals surface area (Å²) < 4.78 is 0. The van der Waals surface area contributed by atoms with Gasteiger partial charge in [0.05, 0.1) is 11.6 Å². The summed E-state index contributed by atoms with van der Waals surface area (Å²) >= 11 is 0. The van der Waals surface area contributed by atoms with Crippen LogP contribution in [-0.2, 0) is 0 Å². The lowest BCUT2D eigenvalue weighted by atomic mass is 10.3. The van der Waals surface area contributed by atoms with Gasteiger partial charge in [-0.25, -0.2) is 0 Å². The fraction of sp³-hybridized carbons (Fsp3) is 0.154. The molecule has 1 aromatic carbocycles. The minimum atomic E-state index is 0.581. The van der Waals surface area contributed by atoms with Gasteiger partial charge in [-0.3, -0.25) is 5.10 Å². The van der Waals surface area contributed by atoms with Crippen molar-refractivity contribution in [3.8, 4) is 0 Å². The van der Waals surface area contributed by atoms with Gasteiger partial charge in [0.15, 0.2) is 5.65 Å². The summed E-state index contributed by atoms with van der Waals surface area (Å²) in [4.78, 5) is 8.81. The van der Waals surface area contributed by atoms with Crippen LogP contribution in [0.25, 0.3) is 11.0 Å². The summed E-state index contributed by atoms with van der Waals surface area (Å²) in [5, 5.41) is 14.1. The number of para-hydroxylation sites is 1. The zero-order valence-corrected chi connectivity index (χ0v) is 10.5. The van der Waals surface area contributed by atoms with Crippen molar-refractivity contribution in [2.45, 2.75) is 6.92 Å². The van der Waals surface area contributed by atoms with E-state index in [-0.39, 0.29) is 0 Å². The monoisotopic (exact) mass is 254 g/mol. The molecule has 0 unspecified atom stereocenters. The van der Waals surface area contributed by atoms with E-state index in [1.54, 1.807) is 6.20 Å². The topological polar surface area (TPSA) is 78.5 Å². The molecule has 19 heavy (non-hydrogen) atoms. The number of H-pyrrole nitrogens is 1. The van der Waals surface area contributed by atoms with Gasteiger partial charge in [0.2, 0.25) is 5.95 Å². The molecule has 0 radical (unpaired) electrons. The standard InChI is InChI=1S/C13H14N6/c1-2-14-13-17-11(10-8-15-19-12(10)18-13)16-9-6-4-3-5-7-9/h3-8H,2H2,1H3,(H3,14,15,16,17,18,19). The van der Waals surface area contributed by atoms with Crippen LogP contribution >= 0.6 is 0 Å². The summed E-state index contributed by atoms with van der Waals surface area (Å²) in [5.74, 6) is 1.32. The number of nitrogens with zero attached hydrogens (tertiary/aromatic N) is 3. The average molecular weight is 254 g/mol.